The number of Topliss-reactive ketones (excluding diaryl/α,β-unsaturated/α-hetero) is 1. The molecule has 0 atom stereocenters. The first-order valence-electron chi connectivity index (χ1n) is 9.78. The summed E-state index contributed by atoms with van der Waals surface area (Å²) in [6.45, 7) is 4.71. The van der Waals surface area contributed by atoms with Crippen molar-refractivity contribution < 1.29 is 31.9 Å². The molecule has 0 radical (unpaired) electrons. The number of hydrogen-bond acceptors (Lipinski definition) is 7. The van der Waals surface area contributed by atoms with Gasteiger partial charge in [0.15, 0.2) is 6.61 Å². The molecule has 0 aliphatic carbocycles. The third-order valence-electron chi connectivity index (χ3n) is 4.70. The molecule has 8 nitrogen and oxygen atoms in total. The van der Waals surface area contributed by atoms with Crippen LogP contribution < -0.4 is 16.8 Å². The molecule has 0 bridgehead atoms. The SMILES string of the molecule is C/C(N)=C(\C(=O)OCC(=O)c1cccc(C(F)(F)F)c1F)C(N)=NCCN1CCNCC1. The van der Waals surface area contributed by atoms with Gasteiger partial charge in [-0.15, -0.1) is 0 Å². The van der Waals surface area contributed by atoms with E-state index in [4.69, 9.17) is 16.2 Å². The lowest BCUT2D eigenvalue weighted by Crippen LogP contribution is -2.44. The zero-order valence-corrected chi connectivity index (χ0v) is 17.5. The predicted molar refractivity (Wildman–Crippen MR) is 109 cm³/mol. The Labute approximate surface area is 182 Å². The highest BCUT2D eigenvalue weighted by Gasteiger charge is 2.35. The van der Waals surface area contributed by atoms with Gasteiger partial charge in [-0.25, -0.2) is 9.18 Å². The lowest BCUT2D eigenvalue weighted by molar-refractivity contribution is -0.140. The number of allylic oxidation sites excluding steroid dienone is 1. The molecular formula is C20H25F4N5O3. The van der Waals surface area contributed by atoms with Gasteiger partial charge in [-0.3, -0.25) is 14.7 Å². The molecule has 1 fully saturated rings. The maximum Gasteiger partial charge on any atom is 0.419 e. The number of benzene rings is 1. The van der Waals surface area contributed by atoms with Crippen LogP contribution >= 0.6 is 0 Å². The van der Waals surface area contributed by atoms with Crippen LogP contribution in [0, 0.1) is 5.82 Å². The average Bonchev–Trinajstić information content (AvgIpc) is 2.72. The highest BCUT2D eigenvalue weighted by Crippen LogP contribution is 2.32. The molecule has 0 amide bonds. The molecule has 12 heteroatoms. The Morgan fingerprint density at radius 1 is 1.22 bits per heavy atom. The van der Waals surface area contributed by atoms with E-state index >= 15 is 0 Å². The minimum absolute atomic E-state index is 0.0175. The van der Waals surface area contributed by atoms with E-state index in [1.807, 2.05) is 0 Å². The van der Waals surface area contributed by atoms with Crippen LogP contribution in [0.3, 0.4) is 0 Å². The Bertz CT molecular complexity index is 905. The maximum atomic E-state index is 14.1. The second-order valence-corrected chi connectivity index (χ2v) is 7.08. The summed E-state index contributed by atoms with van der Waals surface area (Å²) in [5.41, 5.74) is 8.83. The number of alkyl halides is 3. The Kier molecular flexibility index (Phi) is 8.72. The molecule has 1 aromatic carbocycles. The van der Waals surface area contributed by atoms with Crippen molar-refractivity contribution in [3.8, 4) is 0 Å². The number of halogens is 4. The topological polar surface area (TPSA) is 123 Å². The molecular weight excluding hydrogens is 434 g/mol. The van der Waals surface area contributed by atoms with Crippen LogP contribution in [0.4, 0.5) is 17.6 Å². The first-order chi connectivity index (χ1) is 15.0. The van der Waals surface area contributed by atoms with Gasteiger partial charge >= 0.3 is 12.1 Å². The van der Waals surface area contributed by atoms with Crippen molar-refractivity contribution in [3.63, 3.8) is 0 Å². The van der Waals surface area contributed by atoms with Gasteiger partial charge in [0.2, 0.25) is 5.78 Å². The van der Waals surface area contributed by atoms with Crippen LogP contribution in [-0.4, -0.2) is 68.4 Å². The highest BCUT2D eigenvalue weighted by molar-refractivity contribution is 6.19. The lowest BCUT2D eigenvalue weighted by atomic mass is 10.1. The molecule has 1 aliphatic heterocycles. The van der Waals surface area contributed by atoms with Gasteiger partial charge in [-0.1, -0.05) is 6.07 Å². The van der Waals surface area contributed by atoms with Gasteiger partial charge in [-0.05, 0) is 19.1 Å². The molecule has 1 aromatic rings. The predicted octanol–water partition coefficient (Wildman–Crippen LogP) is 1.07. The smallest absolute Gasteiger partial charge is 0.419 e. The van der Waals surface area contributed by atoms with Crippen molar-refractivity contribution in [1.29, 1.82) is 0 Å². The van der Waals surface area contributed by atoms with Crippen LogP contribution in [0.1, 0.15) is 22.8 Å². The monoisotopic (exact) mass is 459 g/mol. The molecule has 0 spiro atoms. The van der Waals surface area contributed by atoms with Crippen molar-refractivity contribution in [1.82, 2.24) is 10.2 Å². The van der Waals surface area contributed by atoms with Crippen LogP contribution in [0.25, 0.3) is 0 Å². The van der Waals surface area contributed by atoms with E-state index in [2.05, 4.69) is 15.2 Å². The summed E-state index contributed by atoms with van der Waals surface area (Å²) in [7, 11) is 0. The standard InChI is InChI=1S/C20H25F4N5O3/c1-12(25)16(18(26)28-7-10-29-8-5-27-6-9-29)19(31)32-11-15(30)13-3-2-4-14(17(13)21)20(22,23)24/h2-4,27H,5-11,25H2,1H3,(H2,26,28)/b16-12+. The minimum atomic E-state index is -4.97. The summed E-state index contributed by atoms with van der Waals surface area (Å²) in [5.74, 6) is -4.16. The number of carbonyl (C=O) groups excluding carboxylic acids is 2. The second-order valence-electron chi connectivity index (χ2n) is 7.08. The van der Waals surface area contributed by atoms with Crippen molar-refractivity contribution in [2.24, 2.45) is 16.5 Å². The third-order valence-corrected chi connectivity index (χ3v) is 4.70. The van der Waals surface area contributed by atoms with E-state index < -0.39 is 41.5 Å². The number of carbonyl (C=O) groups is 2. The lowest BCUT2D eigenvalue weighted by Gasteiger charge is -2.26. The number of nitrogens with two attached hydrogens (primary N) is 2. The molecule has 5 N–H and O–H groups in total. The summed E-state index contributed by atoms with van der Waals surface area (Å²) >= 11 is 0. The Morgan fingerprint density at radius 3 is 2.47 bits per heavy atom. The minimum Gasteiger partial charge on any atom is -0.454 e. The number of rotatable bonds is 8. The van der Waals surface area contributed by atoms with Crippen LogP contribution in [-0.2, 0) is 15.7 Å². The Morgan fingerprint density at radius 2 is 1.88 bits per heavy atom. The number of piperazine rings is 1. The number of ketones is 1. The number of ether oxygens (including phenoxy) is 1. The number of amidine groups is 1. The van der Waals surface area contributed by atoms with Gasteiger partial charge in [0.1, 0.15) is 17.2 Å². The van der Waals surface area contributed by atoms with Gasteiger partial charge in [0, 0.05) is 38.4 Å². The number of nitrogens with one attached hydrogen (secondary N) is 1. The van der Waals surface area contributed by atoms with Crippen molar-refractivity contribution >= 4 is 17.6 Å². The van der Waals surface area contributed by atoms with E-state index in [0.29, 0.717) is 19.2 Å². The molecule has 0 saturated carbocycles. The van der Waals surface area contributed by atoms with Crippen molar-refractivity contribution in [2.75, 3.05) is 45.9 Å². The van der Waals surface area contributed by atoms with Crippen molar-refractivity contribution in [2.45, 2.75) is 13.1 Å². The molecule has 0 unspecified atom stereocenters. The van der Waals surface area contributed by atoms with Gasteiger partial charge in [-0.2, -0.15) is 13.2 Å². The number of nitrogens with zero attached hydrogens (tertiary/aromatic N) is 2. The molecule has 1 saturated heterocycles. The summed E-state index contributed by atoms with van der Waals surface area (Å²) in [6, 6.07) is 2.27. The van der Waals surface area contributed by atoms with E-state index in [0.717, 1.165) is 38.3 Å². The van der Waals surface area contributed by atoms with Crippen LogP contribution in [0.2, 0.25) is 0 Å². The zero-order chi connectivity index (χ0) is 23.9. The summed E-state index contributed by atoms with van der Waals surface area (Å²) in [6.07, 6.45) is -4.97. The largest absolute Gasteiger partial charge is 0.454 e. The van der Waals surface area contributed by atoms with E-state index in [-0.39, 0.29) is 17.1 Å². The van der Waals surface area contributed by atoms with E-state index in [1.165, 1.54) is 6.92 Å². The molecule has 1 aliphatic rings. The zero-order valence-electron chi connectivity index (χ0n) is 17.5. The number of hydrogen-bond donors (Lipinski definition) is 3. The fourth-order valence-corrected chi connectivity index (χ4v) is 3.04. The molecule has 0 aromatic heterocycles. The first kappa shape index (κ1) is 25.3. The second kappa shape index (κ2) is 11.0. The maximum absolute atomic E-state index is 14.1. The summed E-state index contributed by atoms with van der Waals surface area (Å²) in [5, 5.41) is 3.22. The van der Waals surface area contributed by atoms with Gasteiger partial charge < -0.3 is 21.5 Å². The first-order valence-corrected chi connectivity index (χ1v) is 9.78. The van der Waals surface area contributed by atoms with Crippen LogP contribution in [0.5, 0.6) is 0 Å². The van der Waals surface area contributed by atoms with E-state index in [9.17, 15) is 27.2 Å². The van der Waals surface area contributed by atoms with Crippen LogP contribution in [0.15, 0.2) is 34.5 Å². The van der Waals surface area contributed by atoms with Gasteiger partial charge in [0.05, 0.1) is 17.7 Å². The van der Waals surface area contributed by atoms with Gasteiger partial charge in [0.25, 0.3) is 0 Å². The molecule has 1 heterocycles. The third kappa shape index (κ3) is 6.76. The quantitative estimate of drug-likeness (QED) is 0.133. The van der Waals surface area contributed by atoms with Crippen molar-refractivity contribution in [3.05, 3.63) is 46.4 Å². The molecule has 2 rings (SSSR count). The average molecular weight is 459 g/mol. The van der Waals surface area contributed by atoms with E-state index in [1.54, 1.807) is 0 Å². The fraction of sp³-hybridized carbons (Fsp3) is 0.450. The molecule has 176 valence electrons. The summed E-state index contributed by atoms with van der Waals surface area (Å²) in [4.78, 5) is 30.8. The highest BCUT2D eigenvalue weighted by atomic mass is 19.4. The Hall–Kier alpha value is -2.99. The number of aliphatic imine (C=N–C) groups is 1. The summed E-state index contributed by atoms with van der Waals surface area (Å²) < 4.78 is 57.4. The fourth-order valence-electron chi connectivity index (χ4n) is 3.04. The number of esters is 1. The Balaban J connectivity index is 2.02. The normalized spacial score (nSPS) is 16.5. The molecule has 32 heavy (non-hydrogen) atoms.